The lowest BCUT2D eigenvalue weighted by atomic mass is 10.0. The Hall–Kier alpha value is -2.29. The first kappa shape index (κ1) is 20.0. The molecule has 1 atom stereocenters. The van der Waals surface area contributed by atoms with Crippen molar-refractivity contribution in [2.45, 2.75) is 64.9 Å². The molecule has 0 amide bonds. The Bertz CT molecular complexity index is 652. The Balaban J connectivity index is 1.97. The molecule has 0 saturated heterocycles. The molecular weight excluding hydrogens is 324 g/mol. The molecule has 0 spiro atoms. The molecule has 3 nitrogen and oxygen atoms in total. The Morgan fingerprint density at radius 1 is 0.885 bits per heavy atom. The number of benzene rings is 2. The van der Waals surface area contributed by atoms with Gasteiger partial charge in [0.1, 0.15) is 11.9 Å². The number of hydrogen-bond donors (Lipinski definition) is 0. The highest BCUT2D eigenvalue weighted by molar-refractivity contribution is 5.65. The summed E-state index contributed by atoms with van der Waals surface area (Å²) in [6, 6.07) is 17.5. The van der Waals surface area contributed by atoms with Crippen molar-refractivity contribution >= 4 is 6.16 Å². The summed E-state index contributed by atoms with van der Waals surface area (Å²) < 4.78 is 11.2. The lowest BCUT2D eigenvalue weighted by Crippen LogP contribution is -2.16. The van der Waals surface area contributed by atoms with Crippen LogP contribution in [0.25, 0.3) is 0 Å². The molecule has 0 bridgehead atoms. The van der Waals surface area contributed by atoms with Crippen molar-refractivity contribution in [1.82, 2.24) is 0 Å². The zero-order valence-corrected chi connectivity index (χ0v) is 15.9. The lowest BCUT2D eigenvalue weighted by Gasteiger charge is -2.18. The number of rotatable bonds is 10. The SMILES string of the molecule is CCCCCCCC(OC(=O)Oc1ccccc1CC)c1ccccc1. The van der Waals surface area contributed by atoms with Crippen molar-refractivity contribution in [2.24, 2.45) is 0 Å². The molecule has 26 heavy (non-hydrogen) atoms. The first-order valence-electron chi connectivity index (χ1n) is 9.75. The molecule has 2 aromatic rings. The predicted octanol–water partition coefficient (Wildman–Crippen LogP) is 6.87. The van der Waals surface area contributed by atoms with Gasteiger partial charge in [-0.15, -0.1) is 0 Å². The monoisotopic (exact) mass is 354 g/mol. The van der Waals surface area contributed by atoms with Crippen LogP contribution in [0.15, 0.2) is 54.6 Å². The zero-order chi connectivity index (χ0) is 18.6. The number of carbonyl (C=O) groups is 1. The van der Waals surface area contributed by atoms with Crippen LogP contribution in [0, 0.1) is 0 Å². The van der Waals surface area contributed by atoms with E-state index in [0.29, 0.717) is 5.75 Å². The maximum atomic E-state index is 12.4. The Kier molecular flexibility index (Phi) is 8.74. The molecular formula is C23H30O3. The molecule has 0 aromatic heterocycles. The van der Waals surface area contributed by atoms with E-state index in [2.05, 4.69) is 6.92 Å². The van der Waals surface area contributed by atoms with Crippen LogP contribution in [0.2, 0.25) is 0 Å². The van der Waals surface area contributed by atoms with Crippen LogP contribution < -0.4 is 4.74 Å². The highest BCUT2D eigenvalue weighted by atomic mass is 16.7. The van der Waals surface area contributed by atoms with Crippen molar-refractivity contribution in [1.29, 1.82) is 0 Å². The fraction of sp³-hybridized carbons (Fsp3) is 0.435. The predicted molar refractivity (Wildman–Crippen MR) is 105 cm³/mol. The smallest absolute Gasteiger partial charge is 0.426 e. The van der Waals surface area contributed by atoms with Gasteiger partial charge in [-0.25, -0.2) is 4.79 Å². The van der Waals surface area contributed by atoms with Gasteiger partial charge in [0.2, 0.25) is 0 Å². The summed E-state index contributed by atoms with van der Waals surface area (Å²) in [6.07, 6.45) is 6.64. The highest BCUT2D eigenvalue weighted by Gasteiger charge is 2.18. The molecule has 140 valence electrons. The van der Waals surface area contributed by atoms with Crippen LogP contribution in [0.3, 0.4) is 0 Å². The van der Waals surface area contributed by atoms with Crippen LogP contribution in [-0.2, 0) is 11.2 Å². The van der Waals surface area contributed by atoms with Gasteiger partial charge < -0.3 is 9.47 Å². The third-order valence-corrected chi connectivity index (χ3v) is 4.53. The van der Waals surface area contributed by atoms with Crippen LogP contribution >= 0.6 is 0 Å². The lowest BCUT2D eigenvalue weighted by molar-refractivity contribution is 0.0525. The largest absolute Gasteiger partial charge is 0.514 e. The molecule has 0 aliphatic heterocycles. The molecule has 0 aliphatic carbocycles. The van der Waals surface area contributed by atoms with Gasteiger partial charge in [0.05, 0.1) is 0 Å². The third-order valence-electron chi connectivity index (χ3n) is 4.53. The van der Waals surface area contributed by atoms with Crippen LogP contribution in [0.4, 0.5) is 4.79 Å². The Morgan fingerprint density at radius 2 is 1.58 bits per heavy atom. The Morgan fingerprint density at radius 3 is 2.31 bits per heavy atom. The number of aryl methyl sites for hydroxylation is 1. The van der Waals surface area contributed by atoms with E-state index in [1.54, 1.807) is 0 Å². The summed E-state index contributed by atoms with van der Waals surface area (Å²) in [5, 5.41) is 0. The van der Waals surface area contributed by atoms with E-state index in [4.69, 9.17) is 9.47 Å². The van der Waals surface area contributed by atoms with Crippen molar-refractivity contribution in [3.8, 4) is 5.75 Å². The summed E-state index contributed by atoms with van der Waals surface area (Å²) in [4.78, 5) is 12.4. The van der Waals surface area contributed by atoms with Crippen LogP contribution in [0.5, 0.6) is 5.75 Å². The molecule has 0 heterocycles. The van der Waals surface area contributed by atoms with Gasteiger partial charge in [-0.2, -0.15) is 0 Å². The van der Waals surface area contributed by atoms with Gasteiger partial charge in [-0.1, -0.05) is 88.1 Å². The van der Waals surface area contributed by atoms with Gasteiger partial charge in [0.15, 0.2) is 0 Å². The molecule has 0 fully saturated rings. The minimum Gasteiger partial charge on any atom is -0.426 e. The van der Waals surface area contributed by atoms with Gasteiger partial charge in [0, 0.05) is 0 Å². The maximum Gasteiger partial charge on any atom is 0.514 e. The van der Waals surface area contributed by atoms with Gasteiger partial charge >= 0.3 is 6.16 Å². The van der Waals surface area contributed by atoms with Gasteiger partial charge in [-0.05, 0) is 36.5 Å². The summed E-state index contributed by atoms with van der Waals surface area (Å²) in [5.74, 6) is 0.578. The Labute approximate surface area is 157 Å². The van der Waals surface area contributed by atoms with E-state index in [1.807, 2.05) is 61.5 Å². The molecule has 0 radical (unpaired) electrons. The second kappa shape index (κ2) is 11.3. The first-order valence-corrected chi connectivity index (χ1v) is 9.75. The minimum atomic E-state index is -0.631. The highest BCUT2D eigenvalue weighted by Crippen LogP contribution is 2.26. The molecule has 2 aromatic carbocycles. The van der Waals surface area contributed by atoms with Crippen LogP contribution in [0.1, 0.15) is 69.6 Å². The summed E-state index contributed by atoms with van der Waals surface area (Å²) in [6.45, 7) is 4.25. The number of hydrogen-bond acceptors (Lipinski definition) is 3. The molecule has 3 heteroatoms. The van der Waals surface area contributed by atoms with Crippen molar-refractivity contribution in [3.05, 3.63) is 65.7 Å². The third kappa shape index (κ3) is 6.55. The second-order valence-corrected chi connectivity index (χ2v) is 6.53. The summed E-state index contributed by atoms with van der Waals surface area (Å²) >= 11 is 0. The van der Waals surface area contributed by atoms with E-state index in [0.717, 1.165) is 36.8 Å². The standard InChI is InChI=1S/C23H30O3/c1-3-5-6-7-11-17-22(20-15-9-8-10-16-20)26-23(24)25-21-18-13-12-14-19(21)4-2/h8-10,12-16,18,22H,3-7,11,17H2,1-2H3. The minimum absolute atomic E-state index is 0.265. The zero-order valence-electron chi connectivity index (χ0n) is 15.9. The molecule has 0 N–H and O–H groups in total. The normalized spacial score (nSPS) is 11.8. The average molecular weight is 354 g/mol. The van der Waals surface area contributed by atoms with Crippen molar-refractivity contribution in [3.63, 3.8) is 0 Å². The van der Waals surface area contributed by atoms with E-state index < -0.39 is 6.16 Å². The number of unbranched alkanes of at least 4 members (excludes halogenated alkanes) is 4. The summed E-state index contributed by atoms with van der Waals surface area (Å²) in [5.41, 5.74) is 2.02. The number of carbonyl (C=O) groups excluding carboxylic acids is 1. The van der Waals surface area contributed by atoms with E-state index in [-0.39, 0.29) is 6.10 Å². The quantitative estimate of drug-likeness (QED) is 0.265. The molecule has 2 rings (SSSR count). The van der Waals surface area contributed by atoms with Gasteiger partial charge in [0.25, 0.3) is 0 Å². The van der Waals surface area contributed by atoms with E-state index in [9.17, 15) is 4.79 Å². The van der Waals surface area contributed by atoms with Crippen LogP contribution in [-0.4, -0.2) is 6.16 Å². The average Bonchev–Trinajstić information content (AvgIpc) is 2.68. The maximum absolute atomic E-state index is 12.4. The number of ether oxygens (including phenoxy) is 2. The van der Waals surface area contributed by atoms with Gasteiger partial charge in [-0.3, -0.25) is 0 Å². The van der Waals surface area contributed by atoms with Crippen molar-refractivity contribution < 1.29 is 14.3 Å². The van der Waals surface area contributed by atoms with Crippen molar-refractivity contribution in [2.75, 3.05) is 0 Å². The number of para-hydroxylation sites is 1. The fourth-order valence-electron chi connectivity index (χ4n) is 3.02. The fourth-order valence-corrected chi connectivity index (χ4v) is 3.02. The molecule has 1 unspecified atom stereocenters. The van der Waals surface area contributed by atoms with E-state index in [1.165, 1.54) is 19.3 Å². The second-order valence-electron chi connectivity index (χ2n) is 6.53. The van der Waals surface area contributed by atoms with E-state index >= 15 is 0 Å². The molecule has 0 aliphatic rings. The summed E-state index contributed by atoms with van der Waals surface area (Å²) in [7, 11) is 0. The molecule has 0 saturated carbocycles. The first-order chi connectivity index (χ1) is 12.7. The topological polar surface area (TPSA) is 35.5 Å².